The molecule has 110 valence electrons. The molecule has 1 fully saturated rings. The zero-order valence-electron chi connectivity index (χ0n) is 12.0. The lowest BCUT2D eigenvalue weighted by molar-refractivity contribution is -0.0723. The molecule has 0 amide bonds. The summed E-state index contributed by atoms with van der Waals surface area (Å²) in [6, 6.07) is 18.6. The van der Waals surface area contributed by atoms with Crippen LogP contribution >= 0.6 is 15.9 Å². The van der Waals surface area contributed by atoms with E-state index < -0.39 is 0 Å². The third-order valence-corrected chi connectivity index (χ3v) is 4.68. The Balaban J connectivity index is 1.65. The Kier molecular flexibility index (Phi) is 4.61. The third-order valence-electron chi connectivity index (χ3n) is 3.79. The van der Waals surface area contributed by atoms with Gasteiger partial charge in [0.1, 0.15) is 18.0 Å². The fraction of sp³-hybridized carbons (Fsp3) is 0.333. The molecule has 0 aromatic heterocycles. The molecule has 3 unspecified atom stereocenters. The predicted molar refractivity (Wildman–Crippen MR) is 89.0 cm³/mol. The van der Waals surface area contributed by atoms with E-state index in [9.17, 15) is 0 Å². The van der Waals surface area contributed by atoms with Crippen molar-refractivity contribution in [3.8, 4) is 16.9 Å². The summed E-state index contributed by atoms with van der Waals surface area (Å²) in [7, 11) is 0. The number of hydrogen-bond acceptors (Lipinski definition) is 2. The van der Waals surface area contributed by atoms with E-state index in [2.05, 4.69) is 52.3 Å². The Hall–Kier alpha value is -1.32. The normalized spacial score (nSPS) is 24.4. The van der Waals surface area contributed by atoms with Crippen LogP contribution in [0.15, 0.2) is 54.6 Å². The third kappa shape index (κ3) is 3.30. The van der Waals surface area contributed by atoms with Gasteiger partial charge >= 0.3 is 0 Å². The van der Waals surface area contributed by atoms with Crippen LogP contribution in [0, 0.1) is 0 Å². The molecule has 0 bridgehead atoms. The monoisotopic (exact) mass is 346 g/mol. The number of rotatable bonds is 5. The molecule has 1 aliphatic carbocycles. The summed E-state index contributed by atoms with van der Waals surface area (Å²) in [5, 5.41) is 0. The van der Waals surface area contributed by atoms with Crippen molar-refractivity contribution in [2.24, 2.45) is 0 Å². The fourth-order valence-corrected chi connectivity index (χ4v) is 3.44. The fourth-order valence-electron chi connectivity index (χ4n) is 2.58. The second kappa shape index (κ2) is 6.63. The Morgan fingerprint density at radius 1 is 1.00 bits per heavy atom. The number of hydrogen-bond donors (Lipinski definition) is 0. The van der Waals surface area contributed by atoms with E-state index in [1.54, 1.807) is 0 Å². The van der Waals surface area contributed by atoms with Crippen molar-refractivity contribution < 1.29 is 9.47 Å². The number of ether oxygens (including phenoxy) is 2. The van der Waals surface area contributed by atoms with Crippen molar-refractivity contribution in [2.75, 3.05) is 6.61 Å². The first-order valence-corrected chi connectivity index (χ1v) is 8.27. The Labute approximate surface area is 134 Å². The first-order valence-electron chi connectivity index (χ1n) is 7.35. The molecule has 0 saturated heterocycles. The Morgan fingerprint density at radius 3 is 2.29 bits per heavy atom. The minimum absolute atomic E-state index is 0.150. The highest BCUT2D eigenvalue weighted by molar-refractivity contribution is 9.09. The molecule has 2 nitrogen and oxygen atoms in total. The van der Waals surface area contributed by atoms with E-state index in [1.807, 2.05) is 25.1 Å². The van der Waals surface area contributed by atoms with Crippen LogP contribution in [0.4, 0.5) is 0 Å². The van der Waals surface area contributed by atoms with Gasteiger partial charge < -0.3 is 9.47 Å². The summed E-state index contributed by atoms with van der Waals surface area (Å²) < 4.78 is 11.7. The minimum atomic E-state index is 0.150. The average Bonchev–Trinajstić information content (AvgIpc) is 2.54. The largest absolute Gasteiger partial charge is 0.488 e. The second-order valence-corrected chi connectivity index (χ2v) is 6.39. The van der Waals surface area contributed by atoms with Crippen LogP contribution in [0.1, 0.15) is 13.3 Å². The molecule has 0 radical (unpaired) electrons. The van der Waals surface area contributed by atoms with E-state index in [4.69, 9.17) is 9.47 Å². The summed E-state index contributed by atoms with van der Waals surface area (Å²) in [5.41, 5.74) is 2.43. The topological polar surface area (TPSA) is 18.5 Å². The highest BCUT2D eigenvalue weighted by Gasteiger charge is 2.42. The Bertz CT molecular complexity index is 568. The molecule has 3 atom stereocenters. The lowest BCUT2D eigenvalue weighted by atomic mass is 9.91. The van der Waals surface area contributed by atoms with E-state index in [0.29, 0.717) is 4.83 Å². The van der Waals surface area contributed by atoms with Gasteiger partial charge in [-0.05, 0) is 30.2 Å². The first-order chi connectivity index (χ1) is 10.3. The average molecular weight is 347 g/mol. The van der Waals surface area contributed by atoms with Crippen molar-refractivity contribution in [3.05, 3.63) is 54.6 Å². The van der Waals surface area contributed by atoms with Crippen molar-refractivity contribution in [2.45, 2.75) is 30.4 Å². The zero-order chi connectivity index (χ0) is 14.7. The van der Waals surface area contributed by atoms with Crippen LogP contribution in [0.2, 0.25) is 0 Å². The highest BCUT2D eigenvalue weighted by atomic mass is 79.9. The Morgan fingerprint density at radius 2 is 1.67 bits per heavy atom. The van der Waals surface area contributed by atoms with Crippen LogP contribution in [0.5, 0.6) is 5.75 Å². The lowest BCUT2D eigenvalue weighted by Crippen LogP contribution is -2.52. The number of halogens is 1. The maximum Gasteiger partial charge on any atom is 0.127 e. The summed E-state index contributed by atoms with van der Waals surface area (Å²) in [5.74, 6) is 0.906. The van der Waals surface area contributed by atoms with Crippen molar-refractivity contribution >= 4 is 15.9 Å². The van der Waals surface area contributed by atoms with Gasteiger partial charge in [-0.2, -0.15) is 0 Å². The minimum Gasteiger partial charge on any atom is -0.488 e. The molecule has 2 aromatic rings. The lowest BCUT2D eigenvalue weighted by Gasteiger charge is -2.40. The van der Waals surface area contributed by atoms with E-state index in [-0.39, 0.29) is 12.2 Å². The molecule has 1 aliphatic rings. The molecule has 0 heterocycles. The summed E-state index contributed by atoms with van der Waals surface area (Å²) in [6.45, 7) is 2.74. The van der Waals surface area contributed by atoms with Gasteiger partial charge in [-0.1, -0.05) is 58.4 Å². The summed E-state index contributed by atoms with van der Waals surface area (Å²) in [6.07, 6.45) is 1.30. The summed E-state index contributed by atoms with van der Waals surface area (Å²) >= 11 is 3.62. The highest BCUT2D eigenvalue weighted by Crippen LogP contribution is 2.34. The standard InChI is InChI=1S/C18H19BrO2/c1-2-20-18-16(19)12-17(18)21-15-10-8-14(9-11-15)13-6-4-3-5-7-13/h3-11,16-18H,2,12H2,1H3. The molecule has 0 spiro atoms. The number of benzene rings is 2. The smallest absolute Gasteiger partial charge is 0.127 e. The SMILES string of the molecule is CCOC1C(Br)CC1Oc1ccc(-c2ccccc2)cc1. The molecule has 1 saturated carbocycles. The predicted octanol–water partition coefficient (Wildman–Crippen LogP) is 4.67. The maximum atomic E-state index is 6.02. The molecule has 0 N–H and O–H groups in total. The van der Waals surface area contributed by atoms with Crippen molar-refractivity contribution in [1.82, 2.24) is 0 Å². The van der Waals surface area contributed by atoms with Gasteiger partial charge in [0.15, 0.2) is 0 Å². The van der Waals surface area contributed by atoms with Crippen molar-refractivity contribution in [3.63, 3.8) is 0 Å². The maximum absolute atomic E-state index is 6.02. The first kappa shape index (κ1) is 14.6. The van der Waals surface area contributed by atoms with Crippen LogP contribution in [0.25, 0.3) is 11.1 Å². The molecule has 3 heteroatoms. The van der Waals surface area contributed by atoms with Crippen LogP contribution < -0.4 is 4.74 Å². The zero-order valence-corrected chi connectivity index (χ0v) is 13.6. The molecular weight excluding hydrogens is 328 g/mol. The van der Waals surface area contributed by atoms with E-state index in [0.717, 1.165) is 18.8 Å². The second-order valence-electron chi connectivity index (χ2n) is 5.22. The number of alkyl halides is 1. The molecule has 21 heavy (non-hydrogen) atoms. The van der Waals surface area contributed by atoms with Gasteiger partial charge in [0.05, 0.1) is 0 Å². The van der Waals surface area contributed by atoms with Gasteiger partial charge in [0, 0.05) is 17.9 Å². The van der Waals surface area contributed by atoms with E-state index >= 15 is 0 Å². The van der Waals surface area contributed by atoms with E-state index in [1.165, 1.54) is 11.1 Å². The van der Waals surface area contributed by atoms with Crippen LogP contribution in [-0.4, -0.2) is 23.6 Å². The molecular formula is C18H19BrO2. The van der Waals surface area contributed by atoms with Gasteiger partial charge in [0.2, 0.25) is 0 Å². The quantitative estimate of drug-likeness (QED) is 0.732. The van der Waals surface area contributed by atoms with Crippen molar-refractivity contribution in [1.29, 1.82) is 0 Å². The summed E-state index contributed by atoms with van der Waals surface area (Å²) in [4.78, 5) is 0.408. The molecule has 2 aromatic carbocycles. The van der Waals surface area contributed by atoms with Gasteiger partial charge in [0.25, 0.3) is 0 Å². The molecule has 0 aliphatic heterocycles. The van der Waals surface area contributed by atoms with Crippen LogP contribution in [0.3, 0.4) is 0 Å². The van der Waals surface area contributed by atoms with Gasteiger partial charge in [-0.25, -0.2) is 0 Å². The van der Waals surface area contributed by atoms with Gasteiger partial charge in [-0.3, -0.25) is 0 Å². The molecule has 3 rings (SSSR count). The van der Waals surface area contributed by atoms with Crippen LogP contribution in [-0.2, 0) is 4.74 Å². The van der Waals surface area contributed by atoms with Gasteiger partial charge in [-0.15, -0.1) is 0 Å².